The van der Waals surface area contributed by atoms with Crippen LogP contribution in [0.3, 0.4) is 0 Å². The summed E-state index contributed by atoms with van der Waals surface area (Å²) in [5, 5.41) is 21.3. The standard InChI is InChI=1S/C23H33ClO6/c1-20-8-6-15(26)10-14(20)4-5-17-16-7-9-22(19(28)12-25,30-13-29-3)21(16,2)11-18(27)23(17,20)24/h10,16-18,25,27H,4-9,11-13H2,1-3H3/t16-,17-,18?,20-,21-,22-,23-/m0/s1. The SMILES string of the molecule is COCO[C@]1(C(=O)CO)CC[C@H]2[C@@H]3CCC4=CC(=O)CC[C@]4(C)[C@@]3(Cl)C(O)C[C@@]21C. The maximum atomic E-state index is 13.0. The Bertz CT molecular complexity index is 782. The monoisotopic (exact) mass is 440 g/mol. The summed E-state index contributed by atoms with van der Waals surface area (Å²) >= 11 is 7.43. The van der Waals surface area contributed by atoms with Gasteiger partial charge in [0.05, 0.1) is 11.0 Å². The first-order valence-corrected chi connectivity index (χ1v) is 11.4. The maximum Gasteiger partial charge on any atom is 0.190 e. The molecule has 7 atom stereocenters. The summed E-state index contributed by atoms with van der Waals surface area (Å²) in [6.07, 6.45) is 5.05. The maximum absolute atomic E-state index is 13.0. The van der Waals surface area contributed by atoms with E-state index in [1.807, 2.05) is 6.92 Å². The zero-order valence-corrected chi connectivity index (χ0v) is 18.8. The van der Waals surface area contributed by atoms with Gasteiger partial charge in [0.15, 0.2) is 11.6 Å². The van der Waals surface area contributed by atoms with Crippen molar-refractivity contribution in [2.45, 2.75) is 75.4 Å². The summed E-state index contributed by atoms with van der Waals surface area (Å²) < 4.78 is 11.1. The molecule has 7 heteroatoms. The van der Waals surface area contributed by atoms with E-state index in [0.29, 0.717) is 25.7 Å². The molecule has 4 aliphatic rings. The highest BCUT2D eigenvalue weighted by Gasteiger charge is 2.73. The molecule has 4 rings (SSSR count). The van der Waals surface area contributed by atoms with Crippen LogP contribution in [0.2, 0.25) is 0 Å². The summed E-state index contributed by atoms with van der Waals surface area (Å²) in [6.45, 7) is 3.45. The van der Waals surface area contributed by atoms with E-state index < -0.39 is 34.0 Å². The normalized spacial score (nSPS) is 47.9. The first-order chi connectivity index (χ1) is 14.1. The van der Waals surface area contributed by atoms with Crippen LogP contribution in [0.25, 0.3) is 0 Å². The predicted octanol–water partition coefficient (Wildman–Crippen LogP) is 2.77. The second-order valence-corrected chi connectivity index (χ2v) is 10.7. The molecule has 0 heterocycles. The minimum absolute atomic E-state index is 0.0113. The van der Waals surface area contributed by atoms with Crippen molar-refractivity contribution in [2.24, 2.45) is 22.7 Å². The van der Waals surface area contributed by atoms with Gasteiger partial charge in [0.25, 0.3) is 0 Å². The lowest BCUT2D eigenvalue weighted by atomic mass is 9.45. The first kappa shape index (κ1) is 22.4. The number of aliphatic hydroxyl groups is 2. The zero-order valence-electron chi connectivity index (χ0n) is 18.1. The van der Waals surface area contributed by atoms with Crippen molar-refractivity contribution in [1.82, 2.24) is 0 Å². The Morgan fingerprint density at radius 2 is 1.97 bits per heavy atom. The van der Waals surface area contributed by atoms with Gasteiger partial charge in [-0.1, -0.05) is 19.4 Å². The molecule has 0 amide bonds. The van der Waals surface area contributed by atoms with Gasteiger partial charge in [-0.05, 0) is 56.4 Å². The van der Waals surface area contributed by atoms with Gasteiger partial charge < -0.3 is 19.7 Å². The van der Waals surface area contributed by atoms with E-state index in [9.17, 15) is 19.8 Å². The van der Waals surface area contributed by atoms with Crippen LogP contribution in [-0.2, 0) is 19.1 Å². The average Bonchev–Trinajstić information content (AvgIpc) is 3.00. The molecule has 0 radical (unpaired) electrons. The lowest BCUT2D eigenvalue weighted by Gasteiger charge is -2.65. The molecule has 30 heavy (non-hydrogen) atoms. The average molecular weight is 441 g/mol. The molecular formula is C23H33ClO6. The number of alkyl halides is 1. The van der Waals surface area contributed by atoms with Crippen LogP contribution in [0.15, 0.2) is 11.6 Å². The Hall–Kier alpha value is -0.790. The highest BCUT2D eigenvalue weighted by molar-refractivity contribution is 6.26. The smallest absolute Gasteiger partial charge is 0.190 e. The second kappa shape index (κ2) is 7.38. The van der Waals surface area contributed by atoms with E-state index in [4.69, 9.17) is 21.1 Å². The highest BCUT2D eigenvalue weighted by Crippen LogP contribution is 2.71. The van der Waals surface area contributed by atoms with Gasteiger partial charge in [0, 0.05) is 24.4 Å². The number of fused-ring (bicyclic) bond motifs is 5. The molecule has 6 nitrogen and oxygen atoms in total. The van der Waals surface area contributed by atoms with Gasteiger partial charge in [-0.15, -0.1) is 11.6 Å². The van der Waals surface area contributed by atoms with E-state index >= 15 is 0 Å². The number of carbonyl (C=O) groups is 2. The number of carbonyl (C=O) groups excluding carboxylic acids is 2. The van der Waals surface area contributed by atoms with Crippen LogP contribution in [0, 0.1) is 22.7 Å². The molecule has 0 aliphatic heterocycles. The van der Waals surface area contributed by atoms with Crippen LogP contribution in [0.5, 0.6) is 0 Å². The number of hydrogen-bond donors (Lipinski definition) is 2. The first-order valence-electron chi connectivity index (χ1n) is 11.0. The number of allylic oxidation sites excluding steroid dienone is 1. The highest BCUT2D eigenvalue weighted by atomic mass is 35.5. The van der Waals surface area contributed by atoms with Crippen molar-refractivity contribution in [3.8, 4) is 0 Å². The summed E-state index contributed by atoms with van der Waals surface area (Å²) in [5.74, 6) is -0.160. The van der Waals surface area contributed by atoms with E-state index in [0.717, 1.165) is 24.8 Å². The molecule has 0 saturated heterocycles. The third-order valence-corrected chi connectivity index (χ3v) is 10.1. The fourth-order valence-electron chi connectivity index (χ4n) is 7.62. The Morgan fingerprint density at radius 3 is 2.63 bits per heavy atom. The van der Waals surface area contributed by atoms with Gasteiger partial charge >= 0.3 is 0 Å². The lowest BCUT2D eigenvalue weighted by Crippen LogP contribution is -2.69. The third-order valence-electron chi connectivity index (χ3n) is 9.18. The fourth-order valence-corrected chi connectivity index (χ4v) is 8.18. The summed E-state index contributed by atoms with van der Waals surface area (Å²) in [7, 11) is 1.51. The predicted molar refractivity (Wildman–Crippen MR) is 111 cm³/mol. The van der Waals surface area contributed by atoms with E-state index in [1.165, 1.54) is 7.11 Å². The van der Waals surface area contributed by atoms with Crippen molar-refractivity contribution in [1.29, 1.82) is 0 Å². The molecule has 1 unspecified atom stereocenters. The second-order valence-electron chi connectivity index (χ2n) is 10.1. The van der Waals surface area contributed by atoms with Gasteiger partial charge in [-0.25, -0.2) is 0 Å². The fraction of sp³-hybridized carbons (Fsp3) is 0.826. The Labute approximate surface area is 182 Å². The van der Waals surface area contributed by atoms with Crippen LogP contribution in [0.1, 0.15) is 58.8 Å². The van der Waals surface area contributed by atoms with Gasteiger partial charge in [-0.3, -0.25) is 9.59 Å². The van der Waals surface area contributed by atoms with Crippen LogP contribution < -0.4 is 0 Å². The summed E-state index contributed by atoms with van der Waals surface area (Å²) in [4.78, 5) is 24.2. The van der Waals surface area contributed by atoms with Gasteiger partial charge in [0.2, 0.25) is 0 Å². The quantitative estimate of drug-likeness (QED) is 0.504. The van der Waals surface area contributed by atoms with Crippen molar-refractivity contribution in [2.75, 3.05) is 20.5 Å². The number of rotatable bonds is 5. The van der Waals surface area contributed by atoms with E-state index in [1.54, 1.807) is 6.08 Å². The lowest BCUT2D eigenvalue weighted by molar-refractivity contribution is -0.212. The molecule has 4 aliphatic carbocycles. The molecule has 0 bridgehead atoms. The Morgan fingerprint density at radius 1 is 1.23 bits per heavy atom. The minimum atomic E-state index is -1.19. The summed E-state index contributed by atoms with van der Waals surface area (Å²) in [6, 6.07) is 0. The third kappa shape index (κ3) is 2.64. The van der Waals surface area contributed by atoms with Crippen molar-refractivity contribution >= 4 is 23.2 Å². The molecule has 3 fully saturated rings. The van der Waals surface area contributed by atoms with E-state index in [2.05, 4.69) is 6.92 Å². The van der Waals surface area contributed by atoms with Crippen molar-refractivity contribution in [3.63, 3.8) is 0 Å². The van der Waals surface area contributed by atoms with Crippen molar-refractivity contribution in [3.05, 3.63) is 11.6 Å². The molecule has 168 valence electrons. The molecule has 0 aromatic carbocycles. The van der Waals surface area contributed by atoms with Gasteiger partial charge in [-0.2, -0.15) is 0 Å². The van der Waals surface area contributed by atoms with Crippen LogP contribution in [-0.4, -0.2) is 58.9 Å². The Kier molecular flexibility index (Phi) is 5.51. The molecular weight excluding hydrogens is 408 g/mol. The molecule has 0 spiro atoms. The molecule has 3 saturated carbocycles. The number of methoxy groups -OCH3 is 1. The number of aliphatic hydroxyl groups excluding tert-OH is 2. The number of halogens is 1. The summed E-state index contributed by atoms with van der Waals surface area (Å²) in [5.41, 5.74) is -1.25. The van der Waals surface area contributed by atoms with Crippen LogP contribution in [0.4, 0.5) is 0 Å². The largest absolute Gasteiger partial charge is 0.391 e. The Balaban J connectivity index is 1.78. The molecule has 2 N–H and O–H groups in total. The van der Waals surface area contributed by atoms with E-state index in [-0.39, 0.29) is 30.2 Å². The number of hydrogen-bond acceptors (Lipinski definition) is 6. The molecule has 0 aromatic rings. The number of ether oxygens (including phenoxy) is 2. The van der Waals surface area contributed by atoms with Crippen molar-refractivity contribution < 1.29 is 29.3 Å². The number of ketones is 2. The number of Topliss-reactive ketones (excluding diaryl/α,β-unsaturated/α-hetero) is 1. The zero-order chi connectivity index (χ0) is 21.9. The van der Waals surface area contributed by atoms with Crippen LogP contribution >= 0.6 is 11.6 Å². The molecule has 0 aromatic heterocycles. The minimum Gasteiger partial charge on any atom is -0.391 e. The van der Waals surface area contributed by atoms with Gasteiger partial charge in [0.1, 0.15) is 19.0 Å². The topological polar surface area (TPSA) is 93.1 Å².